The van der Waals surface area contributed by atoms with Crippen molar-refractivity contribution in [1.82, 2.24) is 19.7 Å². The Morgan fingerprint density at radius 3 is 2.76 bits per heavy atom. The first-order valence-electron chi connectivity index (χ1n) is 7.66. The van der Waals surface area contributed by atoms with Crippen molar-refractivity contribution >= 4 is 43.9 Å². The maximum absolute atomic E-state index is 12.6. The number of nitrogens with one attached hydrogen (secondary N) is 1. The van der Waals surface area contributed by atoms with Gasteiger partial charge in [0.05, 0.1) is 26.8 Å². The normalized spacial score (nSPS) is 11.2. The number of carbonyl (C=O) groups excluding carboxylic acids is 1. The number of aromatic nitrogens is 4. The number of amides is 1. The Bertz CT molecular complexity index is 1040. The van der Waals surface area contributed by atoms with Crippen LogP contribution in [-0.2, 0) is 7.05 Å². The van der Waals surface area contributed by atoms with Crippen molar-refractivity contribution in [2.24, 2.45) is 7.05 Å². The molecular formula is C17H15N5OS2. The van der Waals surface area contributed by atoms with Gasteiger partial charge in [0.25, 0.3) is 5.91 Å². The van der Waals surface area contributed by atoms with Crippen LogP contribution in [0.1, 0.15) is 21.1 Å². The van der Waals surface area contributed by atoms with Crippen LogP contribution in [0.25, 0.3) is 20.8 Å². The zero-order chi connectivity index (χ0) is 17.6. The molecule has 1 amide bonds. The van der Waals surface area contributed by atoms with Crippen LogP contribution in [0.5, 0.6) is 0 Å². The second kappa shape index (κ2) is 6.05. The molecule has 0 fully saturated rings. The number of nitrogens with zero attached hydrogens (tertiary/aromatic N) is 4. The number of anilines is 1. The van der Waals surface area contributed by atoms with Crippen molar-refractivity contribution in [3.8, 4) is 10.6 Å². The SMILES string of the molecule is Cc1nc(NC(=O)c2cc3c(C)nn(C)c3s2)sc1-c1ccccn1. The molecule has 8 heteroatoms. The van der Waals surface area contributed by atoms with Gasteiger partial charge >= 0.3 is 0 Å². The van der Waals surface area contributed by atoms with Gasteiger partial charge in [-0.05, 0) is 32.0 Å². The summed E-state index contributed by atoms with van der Waals surface area (Å²) in [7, 11) is 1.89. The van der Waals surface area contributed by atoms with Crippen molar-refractivity contribution in [2.45, 2.75) is 13.8 Å². The van der Waals surface area contributed by atoms with E-state index in [-0.39, 0.29) is 5.91 Å². The minimum Gasteiger partial charge on any atom is -0.297 e. The topological polar surface area (TPSA) is 72.7 Å². The predicted octanol–water partition coefficient (Wildman–Crippen LogP) is 4.02. The van der Waals surface area contributed by atoms with Gasteiger partial charge in [0.1, 0.15) is 4.83 Å². The van der Waals surface area contributed by atoms with Crippen molar-refractivity contribution in [3.05, 3.63) is 46.7 Å². The van der Waals surface area contributed by atoms with E-state index in [4.69, 9.17) is 0 Å². The highest BCUT2D eigenvalue weighted by Gasteiger charge is 2.17. The van der Waals surface area contributed by atoms with Crippen LogP contribution in [0.4, 0.5) is 5.13 Å². The third-order valence-electron chi connectivity index (χ3n) is 3.83. The number of hydrogen-bond donors (Lipinski definition) is 1. The molecule has 4 rings (SSSR count). The molecule has 6 nitrogen and oxygen atoms in total. The van der Waals surface area contributed by atoms with E-state index in [2.05, 4.69) is 20.4 Å². The van der Waals surface area contributed by atoms with E-state index in [9.17, 15) is 4.79 Å². The van der Waals surface area contributed by atoms with Crippen molar-refractivity contribution in [2.75, 3.05) is 5.32 Å². The van der Waals surface area contributed by atoms with Crippen molar-refractivity contribution in [1.29, 1.82) is 0 Å². The highest BCUT2D eigenvalue weighted by atomic mass is 32.1. The Labute approximate surface area is 152 Å². The summed E-state index contributed by atoms with van der Waals surface area (Å²) in [6.45, 7) is 3.87. The number of thiophene rings is 1. The number of rotatable bonds is 3. The standard InChI is InChI=1S/C17H15N5OS2/c1-9-11-8-13(24-16(11)22(3)21-9)15(23)20-17-19-10(2)14(25-17)12-6-4-5-7-18-12/h4-8H,1-3H3,(H,19,20,23). The first-order valence-corrected chi connectivity index (χ1v) is 9.29. The predicted molar refractivity (Wildman–Crippen MR) is 101 cm³/mol. The summed E-state index contributed by atoms with van der Waals surface area (Å²) in [5.74, 6) is -0.151. The molecule has 4 aromatic heterocycles. The number of fused-ring (bicyclic) bond motifs is 1. The third kappa shape index (κ3) is 2.83. The zero-order valence-electron chi connectivity index (χ0n) is 13.9. The largest absolute Gasteiger partial charge is 0.297 e. The summed E-state index contributed by atoms with van der Waals surface area (Å²) in [6.07, 6.45) is 1.75. The molecule has 0 saturated carbocycles. The van der Waals surface area contributed by atoms with Gasteiger partial charge in [-0.1, -0.05) is 17.4 Å². The van der Waals surface area contributed by atoms with Crippen LogP contribution in [0.2, 0.25) is 0 Å². The lowest BCUT2D eigenvalue weighted by Crippen LogP contribution is -2.09. The number of hydrogen-bond acceptors (Lipinski definition) is 6. The second-order valence-electron chi connectivity index (χ2n) is 5.64. The lowest BCUT2D eigenvalue weighted by Gasteiger charge is -1.98. The molecule has 4 aromatic rings. The average molecular weight is 369 g/mol. The molecule has 4 heterocycles. The summed E-state index contributed by atoms with van der Waals surface area (Å²) in [5.41, 5.74) is 2.65. The Morgan fingerprint density at radius 2 is 2.04 bits per heavy atom. The van der Waals surface area contributed by atoms with Crippen LogP contribution < -0.4 is 5.32 Å². The number of aryl methyl sites for hydroxylation is 3. The van der Waals surface area contributed by atoms with Gasteiger partial charge in [-0.25, -0.2) is 4.98 Å². The maximum atomic E-state index is 12.6. The van der Waals surface area contributed by atoms with Crippen molar-refractivity contribution in [3.63, 3.8) is 0 Å². The average Bonchev–Trinajstić information content (AvgIpc) is 3.25. The van der Waals surface area contributed by atoms with E-state index in [1.165, 1.54) is 22.7 Å². The monoisotopic (exact) mass is 369 g/mol. The summed E-state index contributed by atoms with van der Waals surface area (Å²) >= 11 is 2.86. The number of pyridine rings is 1. The van der Waals surface area contributed by atoms with E-state index >= 15 is 0 Å². The van der Waals surface area contributed by atoms with Gasteiger partial charge in [-0.15, -0.1) is 11.3 Å². The van der Waals surface area contributed by atoms with Gasteiger partial charge in [-0.3, -0.25) is 19.8 Å². The van der Waals surface area contributed by atoms with E-state index < -0.39 is 0 Å². The molecule has 126 valence electrons. The van der Waals surface area contributed by atoms with Crippen LogP contribution in [0, 0.1) is 13.8 Å². The van der Waals surface area contributed by atoms with Gasteiger partial charge in [0, 0.05) is 18.6 Å². The first-order chi connectivity index (χ1) is 12.0. The fourth-order valence-corrected chi connectivity index (χ4v) is 4.62. The van der Waals surface area contributed by atoms with Crippen LogP contribution in [0.15, 0.2) is 30.5 Å². The molecule has 0 unspecified atom stereocenters. The summed E-state index contributed by atoms with van der Waals surface area (Å²) in [6, 6.07) is 7.64. The molecule has 25 heavy (non-hydrogen) atoms. The molecular weight excluding hydrogens is 354 g/mol. The molecule has 0 aliphatic carbocycles. The Hall–Kier alpha value is -2.58. The second-order valence-corrected chi connectivity index (χ2v) is 7.67. The molecule has 1 N–H and O–H groups in total. The summed E-state index contributed by atoms with van der Waals surface area (Å²) < 4.78 is 1.80. The lowest BCUT2D eigenvalue weighted by atomic mass is 10.3. The highest BCUT2D eigenvalue weighted by molar-refractivity contribution is 7.21. The molecule has 0 saturated heterocycles. The number of carbonyl (C=O) groups is 1. The highest BCUT2D eigenvalue weighted by Crippen LogP contribution is 2.32. The first kappa shape index (κ1) is 15.9. The summed E-state index contributed by atoms with van der Waals surface area (Å²) in [4.78, 5) is 24.0. The van der Waals surface area contributed by atoms with Gasteiger partial charge < -0.3 is 0 Å². The fourth-order valence-electron chi connectivity index (χ4n) is 2.66. The molecule has 0 aliphatic heterocycles. The van der Waals surface area contributed by atoms with Gasteiger partial charge in [0.2, 0.25) is 0 Å². The number of thiazole rings is 1. The Morgan fingerprint density at radius 1 is 1.20 bits per heavy atom. The molecule has 0 bridgehead atoms. The van der Waals surface area contributed by atoms with Crippen molar-refractivity contribution < 1.29 is 4.79 Å². The lowest BCUT2D eigenvalue weighted by molar-refractivity contribution is 0.103. The molecule has 0 spiro atoms. The zero-order valence-corrected chi connectivity index (χ0v) is 15.5. The third-order valence-corrected chi connectivity index (χ3v) is 6.13. The van der Waals surface area contributed by atoms with E-state index in [1.807, 2.05) is 45.2 Å². The van der Waals surface area contributed by atoms with Gasteiger partial charge in [0.15, 0.2) is 5.13 Å². The Balaban J connectivity index is 1.61. The minimum absolute atomic E-state index is 0.151. The smallest absolute Gasteiger partial charge is 0.267 e. The molecule has 0 atom stereocenters. The minimum atomic E-state index is -0.151. The fraction of sp³-hybridized carbons (Fsp3) is 0.176. The van der Waals surface area contributed by atoms with Gasteiger partial charge in [-0.2, -0.15) is 5.10 Å². The van der Waals surface area contributed by atoms with E-state index in [0.29, 0.717) is 10.0 Å². The Kier molecular flexibility index (Phi) is 3.85. The summed E-state index contributed by atoms with van der Waals surface area (Å²) in [5, 5.41) is 8.86. The van der Waals surface area contributed by atoms with E-state index in [0.717, 1.165) is 32.2 Å². The quantitative estimate of drug-likeness (QED) is 0.592. The van der Waals surface area contributed by atoms with E-state index in [1.54, 1.807) is 10.9 Å². The molecule has 0 aromatic carbocycles. The van der Waals surface area contributed by atoms with Crippen LogP contribution in [0.3, 0.4) is 0 Å². The molecule has 0 radical (unpaired) electrons. The van der Waals surface area contributed by atoms with Crippen LogP contribution >= 0.6 is 22.7 Å². The molecule has 0 aliphatic rings. The van der Waals surface area contributed by atoms with Crippen LogP contribution in [-0.4, -0.2) is 25.7 Å². The maximum Gasteiger partial charge on any atom is 0.267 e.